The van der Waals surface area contributed by atoms with Crippen molar-refractivity contribution in [3.05, 3.63) is 34.3 Å². The molecule has 0 saturated heterocycles. The fourth-order valence-corrected chi connectivity index (χ4v) is 2.51. The first-order chi connectivity index (χ1) is 6.62. The average molecular weight is 254 g/mol. The molecule has 1 fully saturated rings. The van der Waals surface area contributed by atoms with Crippen molar-refractivity contribution in [2.24, 2.45) is 0 Å². The quantitative estimate of drug-likeness (QED) is 0.801. The van der Waals surface area contributed by atoms with Gasteiger partial charge in [0.2, 0.25) is 0 Å². The Bertz CT molecular complexity index is 329. The third-order valence-electron chi connectivity index (χ3n) is 2.91. The predicted molar refractivity (Wildman–Crippen MR) is 63.6 cm³/mol. The highest BCUT2D eigenvalue weighted by molar-refractivity contribution is 9.10. The third kappa shape index (κ3) is 2.01. The largest absolute Gasteiger partial charge is 0.309 e. The van der Waals surface area contributed by atoms with Gasteiger partial charge in [0.1, 0.15) is 0 Å². The number of halogens is 1. The smallest absolute Gasteiger partial charge is 0.0178 e. The first kappa shape index (κ1) is 10.2. The molecule has 14 heavy (non-hydrogen) atoms. The van der Waals surface area contributed by atoms with Crippen LogP contribution in [0.25, 0.3) is 0 Å². The van der Waals surface area contributed by atoms with E-state index in [-0.39, 0.29) is 0 Å². The molecule has 0 aliphatic heterocycles. The van der Waals surface area contributed by atoms with Crippen LogP contribution in [0, 0.1) is 0 Å². The zero-order valence-electron chi connectivity index (χ0n) is 8.76. The summed E-state index contributed by atoms with van der Waals surface area (Å²) in [5.74, 6) is 0. The van der Waals surface area contributed by atoms with Crippen LogP contribution < -0.4 is 0 Å². The van der Waals surface area contributed by atoms with Crippen LogP contribution in [0.15, 0.2) is 28.7 Å². The molecular weight excluding hydrogens is 238 g/mol. The van der Waals surface area contributed by atoms with Gasteiger partial charge in [-0.3, -0.25) is 0 Å². The lowest BCUT2D eigenvalue weighted by molar-refractivity contribution is 0.362. The molecule has 2 rings (SSSR count). The summed E-state index contributed by atoms with van der Waals surface area (Å²) < 4.78 is 1.19. The van der Waals surface area contributed by atoms with Crippen LogP contribution in [0.2, 0.25) is 0 Å². The normalized spacial score (nSPS) is 18.6. The zero-order chi connectivity index (χ0) is 10.2. The minimum atomic E-state index is 0.452. The molecule has 0 unspecified atom stereocenters. The Labute approximate surface area is 94.2 Å². The molecule has 2 heteroatoms. The molecule has 1 nitrogen and oxygen atoms in total. The van der Waals surface area contributed by atoms with E-state index >= 15 is 0 Å². The summed E-state index contributed by atoms with van der Waals surface area (Å²) in [6, 6.07) is 8.74. The first-order valence-electron chi connectivity index (χ1n) is 5.03. The van der Waals surface area contributed by atoms with E-state index < -0.39 is 0 Å². The lowest BCUT2D eigenvalue weighted by Gasteiger charge is -2.20. The standard InChI is InChI=1S/C12H16BrN/c1-14(2)9-12(6-7-12)10-4-3-5-11(13)8-10/h3-5,8H,6-7,9H2,1-2H3. The Hall–Kier alpha value is -0.340. The van der Waals surface area contributed by atoms with E-state index in [4.69, 9.17) is 0 Å². The van der Waals surface area contributed by atoms with Gasteiger partial charge in [-0.25, -0.2) is 0 Å². The van der Waals surface area contributed by atoms with Crippen LogP contribution >= 0.6 is 15.9 Å². The van der Waals surface area contributed by atoms with Crippen molar-refractivity contribution in [2.45, 2.75) is 18.3 Å². The summed E-state index contributed by atoms with van der Waals surface area (Å²) in [5, 5.41) is 0. The summed E-state index contributed by atoms with van der Waals surface area (Å²) >= 11 is 3.53. The Kier molecular flexibility index (Phi) is 2.67. The summed E-state index contributed by atoms with van der Waals surface area (Å²) in [6.45, 7) is 1.17. The summed E-state index contributed by atoms with van der Waals surface area (Å²) in [6.07, 6.45) is 2.67. The third-order valence-corrected chi connectivity index (χ3v) is 3.40. The number of likely N-dealkylation sites (N-methyl/N-ethyl adjacent to an activating group) is 1. The number of hydrogen-bond acceptors (Lipinski definition) is 1. The van der Waals surface area contributed by atoms with E-state index in [9.17, 15) is 0 Å². The number of nitrogens with zero attached hydrogens (tertiary/aromatic N) is 1. The second-order valence-corrected chi connectivity index (χ2v) is 5.44. The molecular formula is C12H16BrN. The molecule has 0 bridgehead atoms. The average Bonchev–Trinajstić information content (AvgIpc) is 2.84. The molecule has 1 aromatic carbocycles. The molecule has 0 heterocycles. The fourth-order valence-electron chi connectivity index (χ4n) is 2.11. The van der Waals surface area contributed by atoms with Gasteiger partial charge in [0.25, 0.3) is 0 Å². The van der Waals surface area contributed by atoms with E-state index in [1.54, 1.807) is 0 Å². The lowest BCUT2D eigenvalue weighted by atomic mass is 9.96. The Morgan fingerprint density at radius 3 is 2.57 bits per heavy atom. The van der Waals surface area contributed by atoms with Crippen molar-refractivity contribution >= 4 is 15.9 Å². The molecule has 0 atom stereocenters. The van der Waals surface area contributed by atoms with Gasteiger partial charge in [-0.05, 0) is 44.6 Å². The molecule has 0 N–H and O–H groups in total. The monoisotopic (exact) mass is 253 g/mol. The molecule has 0 amide bonds. The number of benzene rings is 1. The second kappa shape index (κ2) is 3.67. The summed E-state index contributed by atoms with van der Waals surface area (Å²) in [5.41, 5.74) is 1.94. The molecule has 1 aliphatic rings. The Balaban J connectivity index is 2.22. The van der Waals surface area contributed by atoms with E-state index in [1.165, 1.54) is 29.4 Å². The minimum Gasteiger partial charge on any atom is -0.309 e. The predicted octanol–water partition coefficient (Wildman–Crippen LogP) is 3.04. The molecule has 0 radical (unpaired) electrons. The molecule has 1 aliphatic carbocycles. The van der Waals surface area contributed by atoms with Gasteiger partial charge in [-0.1, -0.05) is 28.1 Å². The van der Waals surface area contributed by atoms with E-state index in [0.717, 1.165) is 0 Å². The molecule has 1 saturated carbocycles. The van der Waals surface area contributed by atoms with Crippen LogP contribution in [0.3, 0.4) is 0 Å². The molecule has 0 spiro atoms. The second-order valence-electron chi connectivity index (χ2n) is 4.53. The zero-order valence-corrected chi connectivity index (χ0v) is 10.3. The van der Waals surface area contributed by atoms with Gasteiger partial charge in [0.05, 0.1) is 0 Å². The van der Waals surface area contributed by atoms with E-state index in [2.05, 4.69) is 59.2 Å². The van der Waals surface area contributed by atoms with Crippen molar-refractivity contribution in [3.8, 4) is 0 Å². The highest BCUT2D eigenvalue weighted by atomic mass is 79.9. The van der Waals surface area contributed by atoms with Crippen LogP contribution in [0.5, 0.6) is 0 Å². The summed E-state index contributed by atoms with van der Waals surface area (Å²) in [4.78, 5) is 2.29. The lowest BCUT2D eigenvalue weighted by Crippen LogP contribution is -2.25. The van der Waals surface area contributed by atoms with Crippen molar-refractivity contribution in [1.29, 1.82) is 0 Å². The van der Waals surface area contributed by atoms with Crippen molar-refractivity contribution in [1.82, 2.24) is 4.90 Å². The van der Waals surface area contributed by atoms with Gasteiger partial charge < -0.3 is 4.90 Å². The van der Waals surface area contributed by atoms with Crippen molar-refractivity contribution in [2.75, 3.05) is 20.6 Å². The molecule has 0 aromatic heterocycles. The van der Waals surface area contributed by atoms with E-state index in [0.29, 0.717) is 5.41 Å². The number of rotatable bonds is 3. The maximum absolute atomic E-state index is 3.53. The summed E-state index contributed by atoms with van der Waals surface area (Å²) in [7, 11) is 4.30. The highest BCUT2D eigenvalue weighted by Crippen LogP contribution is 2.48. The topological polar surface area (TPSA) is 3.24 Å². The van der Waals surface area contributed by atoms with Crippen LogP contribution in [-0.4, -0.2) is 25.5 Å². The maximum atomic E-state index is 3.53. The molecule has 76 valence electrons. The SMILES string of the molecule is CN(C)CC1(c2cccc(Br)c2)CC1. The van der Waals surface area contributed by atoms with Gasteiger partial charge in [-0.2, -0.15) is 0 Å². The van der Waals surface area contributed by atoms with E-state index in [1.807, 2.05) is 0 Å². The van der Waals surface area contributed by atoms with Gasteiger partial charge in [-0.15, -0.1) is 0 Å². The van der Waals surface area contributed by atoms with Crippen molar-refractivity contribution in [3.63, 3.8) is 0 Å². The van der Waals surface area contributed by atoms with Gasteiger partial charge in [0, 0.05) is 16.4 Å². The number of hydrogen-bond donors (Lipinski definition) is 0. The Morgan fingerprint density at radius 1 is 1.36 bits per heavy atom. The van der Waals surface area contributed by atoms with Crippen LogP contribution in [-0.2, 0) is 5.41 Å². The maximum Gasteiger partial charge on any atom is 0.0178 e. The van der Waals surface area contributed by atoms with Crippen LogP contribution in [0.4, 0.5) is 0 Å². The Morgan fingerprint density at radius 2 is 2.07 bits per heavy atom. The van der Waals surface area contributed by atoms with Crippen molar-refractivity contribution < 1.29 is 0 Å². The van der Waals surface area contributed by atoms with Gasteiger partial charge >= 0.3 is 0 Å². The minimum absolute atomic E-state index is 0.452. The van der Waals surface area contributed by atoms with Crippen LogP contribution in [0.1, 0.15) is 18.4 Å². The first-order valence-corrected chi connectivity index (χ1v) is 5.82. The van der Waals surface area contributed by atoms with Gasteiger partial charge in [0.15, 0.2) is 0 Å². The fraction of sp³-hybridized carbons (Fsp3) is 0.500. The highest BCUT2D eigenvalue weighted by Gasteiger charge is 2.44. The molecule has 1 aromatic rings.